The first-order chi connectivity index (χ1) is 19.2. The van der Waals surface area contributed by atoms with Crippen LogP contribution in [0.1, 0.15) is 64.6 Å². The molecule has 8 nitrogen and oxygen atoms in total. The Balaban J connectivity index is 2.06. The van der Waals surface area contributed by atoms with Gasteiger partial charge in [0.05, 0.1) is 31.9 Å². The lowest BCUT2D eigenvalue weighted by atomic mass is 9.95. The van der Waals surface area contributed by atoms with Crippen LogP contribution in [0.25, 0.3) is 5.76 Å². The molecule has 2 aromatic rings. The molecule has 1 aliphatic heterocycles. The highest BCUT2D eigenvalue weighted by Crippen LogP contribution is 2.42. The van der Waals surface area contributed by atoms with Crippen LogP contribution in [0.5, 0.6) is 17.2 Å². The minimum absolute atomic E-state index is 0.0638. The number of hydrogen-bond donors (Lipinski definition) is 1. The van der Waals surface area contributed by atoms with E-state index in [-0.39, 0.29) is 11.3 Å². The molecule has 1 heterocycles. The van der Waals surface area contributed by atoms with E-state index >= 15 is 0 Å². The van der Waals surface area contributed by atoms with Gasteiger partial charge in [0.25, 0.3) is 11.7 Å². The molecule has 0 radical (unpaired) electrons. The first kappa shape index (κ1) is 31.0. The van der Waals surface area contributed by atoms with Crippen LogP contribution in [0.3, 0.4) is 0 Å². The van der Waals surface area contributed by atoms with Crippen molar-refractivity contribution in [2.24, 2.45) is 5.92 Å². The smallest absolute Gasteiger partial charge is 0.295 e. The van der Waals surface area contributed by atoms with Gasteiger partial charge in [0.15, 0.2) is 11.5 Å². The Bertz CT molecular complexity index is 1170. The third-order valence-electron chi connectivity index (χ3n) is 7.21. The van der Waals surface area contributed by atoms with Gasteiger partial charge in [-0.1, -0.05) is 33.8 Å². The zero-order chi connectivity index (χ0) is 29.2. The van der Waals surface area contributed by atoms with E-state index < -0.39 is 17.7 Å². The van der Waals surface area contributed by atoms with Gasteiger partial charge < -0.3 is 29.1 Å². The summed E-state index contributed by atoms with van der Waals surface area (Å²) in [6.07, 6.45) is 1.60. The van der Waals surface area contributed by atoms with Crippen molar-refractivity contribution < 1.29 is 28.9 Å². The molecule has 1 aliphatic rings. The number of amides is 1. The standard InChI is InChI=1S/C32H44N2O6/c1-7-33(8-2)18-10-19-34-29(24-13-16-26(27(21-24)39-9-3)40-20-17-22(4)5)28(31(36)32(34)37)30(35)23-11-14-25(38-6)15-12-23/h11-16,21-22,29,35H,7-10,17-20H2,1-6H3. The number of hydrogen-bond acceptors (Lipinski definition) is 7. The third-order valence-corrected chi connectivity index (χ3v) is 7.21. The van der Waals surface area contributed by atoms with Crippen LogP contribution in [0.4, 0.5) is 0 Å². The van der Waals surface area contributed by atoms with Crippen LogP contribution in [-0.4, -0.2) is 73.1 Å². The zero-order valence-electron chi connectivity index (χ0n) is 24.7. The molecule has 0 saturated carbocycles. The van der Waals surface area contributed by atoms with E-state index in [0.29, 0.717) is 60.5 Å². The lowest BCUT2D eigenvalue weighted by Gasteiger charge is -2.27. The molecule has 3 rings (SSSR count). The maximum Gasteiger partial charge on any atom is 0.295 e. The maximum atomic E-state index is 13.4. The fourth-order valence-corrected chi connectivity index (χ4v) is 4.85. The molecule has 0 spiro atoms. The summed E-state index contributed by atoms with van der Waals surface area (Å²) in [6, 6.07) is 11.5. The Morgan fingerprint density at radius 2 is 1.70 bits per heavy atom. The molecule has 1 fully saturated rings. The fraction of sp³-hybridized carbons (Fsp3) is 0.500. The summed E-state index contributed by atoms with van der Waals surface area (Å²) in [5.41, 5.74) is 1.18. The summed E-state index contributed by atoms with van der Waals surface area (Å²) in [5, 5.41) is 11.4. The normalized spacial score (nSPS) is 16.7. The van der Waals surface area contributed by atoms with E-state index in [0.717, 1.165) is 26.1 Å². The van der Waals surface area contributed by atoms with Crippen molar-refractivity contribution in [3.63, 3.8) is 0 Å². The van der Waals surface area contributed by atoms with Gasteiger partial charge in [-0.25, -0.2) is 0 Å². The lowest BCUT2D eigenvalue weighted by molar-refractivity contribution is -0.140. The van der Waals surface area contributed by atoms with Crippen molar-refractivity contribution >= 4 is 17.4 Å². The van der Waals surface area contributed by atoms with Crippen molar-refractivity contribution in [3.8, 4) is 17.2 Å². The summed E-state index contributed by atoms with van der Waals surface area (Å²) in [6.45, 7) is 14.4. The summed E-state index contributed by atoms with van der Waals surface area (Å²) >= 11 is 0. The molecule has 2 aromatic carbocycles. The highest BCUT2D eigenvalue weighted by molar-refractivity contribution is 6.46. The number of carbonyl (C=O) groups is 2. The highest BCUT2D eigenvalue weighted by atomic mass is 16.5. The number of ketones is 1. The Morgan fingerprint density at radius 1 is 1.00 bits per heavy atom. The molecular formula is C32H44N2O6. The van der Waals surface area contributed by atoms with Crippen LogP contribution >= 0.6 is 0 Å². The average molecular weight is 553 g/mol. The Labute approximate surface area is 238 Å². The minimum atomic E-state index is -0.761. The van der Waals surface area contributed by atoms with E-state index in [9.17, 15) is 14.7 Å². The Morgan fingerprint density at radius 3 is 2.30 bits per heavy atom. The first-order valence-electron chi connectivity index (χ1n) is 14.3. The van der Waals surface area contributed by atoms with Crippen LogP contribution in [0, 0.1) is 5.92 Å². The monoisotopic (exact) mass is 552 g/mol. The Hall–Kier alpha value is -3.52. The number of nitrogens with zero attached hydrogens (tertiary/aromatic N) is 2. The van der Waals surface area contributed by atoms with Gasteiger partial charge in [-0.3, -0.25) is 9.59 Å². The SMILES string of the molecule is CCOc1cc(C2C(=C(O)c3ccc(OC)cc3)C(=O)C(=O)N2CCCN(CC)CC)ccc1OCCC(C)C. The molecule has 218 valence electrons. The van der Waals surface area contributed by atoms with Crippen LogP contribution in [0.2, 0.25) is 0 Å². The number of methoxy groups -OCH3 is 1. The van der Waals surface area contributed by atoms with E-state index in [1.165, 1.54) is 0 Å². The lowest BCUT2D eigenvalue weighted by Crippen LogP contribution is -2.33. The molecule has 1 saturated heterocycles. The van der Waals surface area contributed by atoms with Gasteiger partial charge in [0, 0.05) is 12.1 Å². The van der Waals surface area contributed by atoms with E-state index in [2.05, 4.69) is 32.6 Å². The maximum absolute atomic E-state index is 13.4. The van der Waals surface area contributed by atoms with Crippen molar-refractivity contribution in [1.29, 1.82) is 0 Å². The first-order valence-corrected chi connectivity index (χ1v) is 14.3. The van der Waals surface area contributed by atoms with Crippen LogP contribution in [0.15, 0.2) is 48.0 Å². The van der Waals surface area contributed by atoms with E-state index in [4.69, 9.17) is 14.2 Å². The second kappa shape index (κ2) is 14.7. The molecule has 8 heteroatoms. The van der Waals surface area contributed by atoms with Crippen LogP contribution in [-0.2, 0) is 9.59 Å². The number of likely N-dealkylation sites (tertiary alicyclic amines) is 1. The van der Waals surface area contributed by atoms with E-state index in [1.807, 2.05) is 25.1 Å². The third kappa shape index (κ3) is 7.36. The van der Waals surface area contributed by atoms with Crippen molar-refractivity contribution in [3.05, 3.63) is 59.2 Å². The number of aliphatic hydroxyl groups is 1. The van der Waals surface area contributed by atoms with Crippen LogP contribution < -0.4 is 14.2 Å². The second-order valence-corrected chi connectivity index (χ2v) is 10.3. The number of rotatable bonds is 15. The molecule has 0 aromatic heterocycles. The van der Waals surface area contributed by atoms with Gasteiger partial charge in [0.2, 0.25) is 0 Å². The van der Waals surface area contributed by atoms with Gasteiger partial charge in [-0.15, -0.1) is 0 Å². The zero-order valence-corrected chi connectivity index (χ0v) is 24.7. The number of aliphatic hydroxyl groups excluding tert-OH is 1. The van der Waals surface area contributed by atoms with Gasteiger partial charge in [0.1, 0.15) is 11.5 Å². The topological polar surface area (TPSA) is 88.5 Å². The summed E-state index contributed by atoms with van der Waals surface area (Å²) in [4.78, 5) is 30.7. The second-order valence-electron chi connectivity index (χ2n) is 10.3. The highest BCUT2D eigenvalue weighted by Gasteiger charge is 2.46. The van der Waals surface area contributed by atoms with Crippen molar-refractivity contribution in [2.75, 3.05) is 46.5 Å². The minimum Gasteiger partial charge on any atom is -0.507 e. The number of ether oxygens (including phenoxy) is 3. The quantitative estimate of drug-likeness (QED) is 0.173. The summed E-state index contributed by atoms with van der Waals surface area (Å²) in [7, 11) is 1.56. The van der Waals surface area contributed by atoms with Gasteiger partial charge >= 0.3 is 0 Å². The molecule has 1 atom stereocenters. The van der Waals surface area contributed by atoms with Gasteiger partial charge in [-0.2, -0.15) is 0 Å². The van der Waals surface area contributed by atoms with E-state index in [1.54, 1.807) is 36.3 Å². The van der Waals surface area contributed by atoms with Gasteiger partial charge in [-0.05, 0) is 87.3 Å². The number of carbonyl (C=O) groups excluding carboxylic acids is 2. The van der Waals surface area contributed by atoms with Crippen molar-refractivity contribution in [1.82, 2.24) is 9.80 Å². The molecule has 40 heavy (non-hydrogen) atoms. The number of Topliss-reactive ketones (excluding diaryl/α,β-unsaturated/α-hetero) is 1. The predicted molar refractivity (Wildman–Crippen MR) is 157 cm³/mol. The predicted octanol–water partition coefficient (Wildman–Crippen LogP) is 5.67. The average Bonchev–Trinajstić information content (AvgIpc) is 3.20. The molecular weight excluding hydrogens is 508 g/mol. The molecule has 1 amide bonds. The largest absolute Gasteiger partial charge is 0.507 e. The summed E-state index contributed by atoms with van der Waals surface area (Å²) < 4.78 is 17.2. The molecule has 0 aliphatic carbocycles. The molecule has 0 bridgehead atoms. The number of benzene rings is 2. The Kier molecular flexibility index (Phi) is 11.4. The molecule has 1 N–H and O–H groups in total. The summed E-state index contributed by atoms with van der Waals surface area (Å²) in [5.74, 6) is 0.753. The molecule has 1 unspecified atom stereocenters. The van der Waals surface area contributed by atoms with Crippen molar-refractivity contribution in [2.45, 2.75) is 53.5 Å². The fourth-order valence-electron chi connectivity index (χ4n) is 4.85.